The Kier molecular flexibility index (Phi) is 2.04. The van der Waals surface area contributed by atoms with Crippen LogP contribution >= 0.6 is 11.3 Å². The molecule has 3 nitrogen and oxygen atoms in total. The van der Waals surface area contributed by atoms with Crippen molar-refractivity contribution in [3.8, 4) is 0 Å². The minimum atomic E-state index is 0.166. The molecule has 3 aromatic heterocycles. The van der Waals surface area contributed by atoms with Gasteiger partial charge in [0.05, 0.1) is 17.2 Å². The van der Waals surface area contributed by atoms with Crippen LogP contribution in [0.5, 0.6) is 0 Å². The summed E-state index contributed by atoms with van der Waals surface area (Å²) in [4.78, 5) is 17.1. The molecule has 3 rings (SSSR count). The van der Waals surface area contributed by atoms with Gasteiger partial charge in [0.15, 0.2) is 5.78 Å². The van der Waals surface area contributed by atoms with Gasteiger partial charge in [-0.05, 0) is 17.5 Å². The van der Waals surface area contributed by atoms with Gasteiger partial charge in [-0.15, -0.1) is 11.3 Å². The second-order valence-electron chi connectivity index (χ2n) is 3.63. The summed E-state index contributed by atoms with van der Waals surface area (Å²) in [5.74, 6) is 0.166. The van der Waals surface area contributed by atoms with Crippen LogP contribution in [-0.2, 0) is 0 Å². The summed E-state index contributed by atoms with van der Waals surface area (Å²) in [6.45, 7) is 1.88. The number of rotatable bonds is 2. The largest absolute Gasteiger partial charge is 0.312 e. The average Bonchev–Trinajstić information content (AvgIpc) is 2.92. The van der Waals surface area contributed by atoms with Crippen LogP contribution in [0.3, 0.4) is 0 Å². The van der Waals surface area contributed by atoms with E-state index in [2.05, 4.69) is 4.98 Å². The second-order valence-corrected chi connectivity index (χ2v) is 4.53. The molecule has 4 heteroatoms. The zero-order chi connectivity index (χ0) is 11.1. The molecule has 0 aliphatic carbocycles. The van der Waals surface area contributed by atoms with E-state index in [0.29, 0.717) is 6.42 Å². The quantitative estimate of drug-likeness (QED) is 0.634. The summed E-state index contributed by atoms with van der Waals surface area (Å²) in [5.41, 5.74) is 2.73. The molecule has 80 valence electrons. The van der Waals surface area contributed by atoms with Crippen molar-refractivity contribution in [2.24, 2.45) is 0 Å². The number of hydrogen-bond acceptors (Lipinski definition) is 3. The van der Waals surface area contributed by atoms with Gasteiger partial charge < -0.3 is 4.40 Å². The lowest BCUT2D eigenvalue weighted by molar-refractivity contribution is 0.0990. The summed E-state index contributed by atoms with van der Waals surface area (Å²) in [7, 11) is 0. The van der Waals surface area contributed by atoms with Gasteiger partial charge in [0.2, 0.25) is 0 Å². The lowest BCUT2D eigenvalue weighted by atomic mass is 10.1. The van der Waals surface area contributed by atoms with Crippen LogP contribution in [0.25, 0.3) is 15.9 Å². The molecule has 0 N–H and O–H groups in total. The van der Waals surface area contributed by atoms with Crippen LogP contribution in [0.4, 0.5) is 0 Å². The molecule has 3 heterocycles. The number of fused-ring (bicyclic) bond motifs is 3. The Hall–Kier alpha value is -1.68. The number of Topliss-reactive ketones (excluding diaryl/α,β-unsaturated/α-hetero) is 1. The molecule has 0 spiro atoms. The zero-order valence-corrected chi connectivity index (χ0v) is 9.62. The van der Waals surface area contributed by atoms with E-state index in [1.54, 1.807) is 17.5 Å². The normalized spacial score (nSPS) is 11.3. The first kappa shape index (κ1) is 9.54. The van der Waals surface area contributed by atoms with Gasteiger partial charge in [-0.3, -0.25) is 4.79 Å². The molecule has 0 aromatic carbocycles. The van der Waals surface area contributed by atoms with E-state index in [1.807, 2.05) is 35.0 Å². The van der Waals surface area contributed by atoms with Crippen molar-refractivity contribution in [2.45, 2.75) is 13.3 Å². The predicted octanol–water partition coefficient (Wildman–Crippen LogP) is 3.14. The van der Waals surface area contributed by atoms with E-state index in [4.69, 9.17) is 0 Å². The Balaban J connectivity index is 2.39. The molecule has 0 bridgehead atoms. The summed E-state index contributed by atoms with van der Waals surface area (Å²) in [6, 6.07) is 3.90. The molecular weight excluding hydrogens is 220 g/mol. The highest BCUT2D eigenvalue weighted by Crippen LogP contribution is 2.23. The van der Waals surface area contributed by atoms with Crippen LogP contribution in [0.15, 0.2) is 29.9 Å². The molecule has 3 aromatic rings. The number of aromatic nitrogens is 2. The van der Waals surface area contributed by atoms with Crippen molar-refractivity contribution in [3.63, 3.8) is 0 Å². The molecular formula is C12H10N2OS. The maximum Gasteiger partial charge on any atom is 0.164 e. The maximum atomic E-state index is 11.7. The molecule has 0 unspecified atom stereocenters. The van der Waals surface area contributed by atoms with E-state index in [9.17, 15) is 4.79 Å². The number of nitrogens with zero attached hydrogens (tertiary/aromatic N) is 2. The monoisotopic (exact) mass is 230 g/mol. The van der Waals surface area contributed by atoms with E-state index < -0.39 is 0 Å². The number of thiophene rings is 1. The van der Waals surface area contributed by atoms with Crippen molar-refractivity contribution in [1.82, 2.24) is 9.38 Å². The Morgan fingerprint density at radius 1 is 1.44 bits per heavy atom. The average molecular weight is 230 g/mol. The van der Waals surface area contributed by atoms with Crippen molar-refractivity contribution in [2.75, 3.05) is 0 Å². The summed E-state index contributed by atoms with van der Waals surface area (Å²) in [6.07, 6.45) is 4.25. The number of carbonyl (C=O) groups excluding carboxylic acids is 1. The topological polar surface area (TPSA) is 34.4 Å². The van der Waals surface area contributed by atoms with Crippen molar-refractivity contribution < 1.29 is 4.79 Å². The van der Waals surface area contributed by atoms with E-state index in [0.717, 1.165) is 21.4 Å². The van der Waals surface area contributed by atoms with Crippen molar-refractivity contribution in [3.05, 3.63) is 35.5 Å². The fraction of sp³-hybridized carbons (Fsp3) is 0.167. The standard InChI is InChI=1S/C12H10N2OS/c1-2-11(15)8-3-5-14-9-4-6-16-12(9)13-7-10(8)14/h3-7H,2H2,1H3. The fourth-order valence-electron chi connectivity index (χ4n) is 1.91. The van der Waals surface area contributed by atoms with Crippen molar-refractivity contribution >= 4 is 33.0 Å². The molecule has 16 heavy (non-hydrogen) atoms. The Morgan fingerprint density at radius 2 is 2.31 bits per heavy atom. The zero-order valence-electron chi connectivity index (χ0n) is 8.80. The first-order chi connectivity index (χ1) is 7.81. The first-order valence-corrected chi connectivity index (χ1v) is 6.05. The summed E-state index contributed by atoms with van der Waals surface area (Å²) in [5, 5.41) is 2.01. The van der Waals surface area contributed by atoms with Crippen LogP contribution in [0.1, 0.15) is 23.7 Å². The molecule has 0 aliphatic heterocycles. The maximum absolute atomic E-state index is 11.7. The Bertz CT molecular complexity index is 681. The van der Waals surface area contributed by atoms with Crippen molar-refractivity contribution in [1.29, 1.82) is 0 Å². The van der Waals surface area contributed by atoms with Gasteiger partial charge in [-0.1, -0.05) is 6.92 Å². The third-order valence-electron chi connectivity index (χ3n) is 2.74. The van der Waals surface area contributed by atoms with Crippen LogP contribution in [-0.4, -0.2) is 15.2 Å². The smallest absolute Gasteiger partial charge is 0.164 e. The lowest BCUT2D eigenvalue weighted by Gasteiger charge is -1.98. The number of hydrogen-bond donors (Lipinski definition) is 0. The van der Waals surface area contributed by atoms with Gasteiger partial charge in [0.25, 0.3) is 0 Å². The van der Waals surface area contributed by atoms with E-state index >= 15 is 0 Å². The van der Waals surface area contributed by atoms with Crippen LogP contribution in [0, 0.1) is 0 Å². The Morgan fingerprint density at radius 3 is 3.12 bits per heavy atom. The molecule has 0 atom stereocenters. The SMILES string of the molecule is CCC(=O)c1ccn2c1cnc1sccc12. The summed E-state index contributed by atoms with van der Waals surface area (Å²) < 4.78 is 2.03. The minimum absolute atomic E-state index is 0.166. The molecule has 0 fully saturated rings. The van der Waals surface area contributed by atoms with Gasteiger partial charge in [0, 0.05) is 18.2 Å². The molecule has 0 aliphatic rings. The van der Waals surface area contributed by atoms with E-state index in [1.165, 1.54) is 0 Å². The number of carbonyl (C=O) groups is 1. The summed E-state index contributed by atoms with van der Waals surface area (Å²) >= 11 is 1.61. The third kappa shape index (κ3) is 1.20. The second kappa shape index (κ2) is 3.42. The van der Waals surface area contributed by atoms with Gasteiger partial charge in [-0.25, -0.2) is 4.98 Å². The highest BCUT2D eigenvalue weighted by atomic mass is 32.1. The van der Waals surface area contributed by atoms with Crippen LogP contribution < -0.4 is 0 Å². The Labute approximate surface area is 96.3 Å². The van der Waals surface area contributed by atoms with Gasteiger partial charge >= 0.3 is 0 Å². The molecule has 0 saturated heterocycles. The molecule has 0 amide bonds. The highest BCUT2D eigenvalue weighted by Gasteiger charge is 2.11. The number of ketones is 1. The highest BCUT2D eigenvalue weighted by molar-refractivity contribution is 7.16. The molecule has 0 radical (unpaired) electrons. The molecule has 0 saturated carbocycles. The lowest BCUT2D eigenvalue weighted by Crippen LogP contribution is -1.96. The van der Waals surface area contributed by atoms with Gasteiger partial charge in [0.1, 0.15) is 4.83 Å². The first-order valence-electron chi connectivity index (χ1n) is 5.17. The fourth-order valence-corrected chi connectivity index (χ4v) is 2.63. The van der Waals surface area contributed by atoms with Gasteiger partial charge in [-0.2, -0.15) is 0 Å². The van der Waals surface area contributed by atoms with Crippen LogP contribution in [0.2, 0.25) is 0 Å². The minimum Gasteiger partial charge on any atom is -0.312 e. The predicted molar refractivity (Wildman–Crippen MR) is 65.2 cm³/mol. The van der Waals surface area contributed by atoms with E-state index in [-0.39, 0.29) is 5.78 Å². The third-order valence-corrected chi connectivity index (χ3v) is 3.55.